The maximum Gasteiger partial charge on any atom is 0.337 e. The molecule has 10 heteroatoms. The van der Waals surface area contributed by atoms with E-state index < -0.39 is 17.7 Å². The first kappa shape index (κ1) is 30.7. The van der Waals surface area contributed by atoms with Crippen molar-refractivity contribution in [1.82, 2.24) is 19.6 Å². The van der Waals surface area contributed by atoms with E-state index in [9.17, 15) is 9.90 Å². The molecule has 10 nitrogen and oxygen atoms in total. The maximum atomic E-state index is 12.8. The Balaban J connectivity index is 1.55. The van der Waals surface area contributed by atoms with Crippen LogP contribution >= 0.6 is 0 Å². The van der Waals surface area contributed by atoms with Crippen molar-refractivity contribution in [3.05, 3.63) is 72.2 Å². The highest BCUT2D eigenvalue weighted by Crippen LogP contribution is 2.39. The summed E-state index contributed by atoms with van der Waals surface area (Å²) in [4.78, 5) is 24.2. The molecule has 3 aliphatic heterocycles. The molecule has 1 fully saturated rings. The predicted octanol–water partition coefficient (Wildman–Crippen LogP) is 6.42. The third kappa shape index (κ3) is 6.43. The van der Waals surface area contributed by atoms with Crippen molar-refractivity contribution in [2.45, 2.75) is 77.8 Å². The van der Waals surface area contributed by atoms with Crippen molar-refractivity contribution < 1.29 is 24.1 Å². The molecule has 6 heterocycles. The summed E-state index contributed by atoms with van der Waals surface area (Å²) in [5, 5.41) is 15.5. The van der Waals surface area contributed by atoms with Crippen molar-refractivity contribution in [2.24, 2.45) is 0 Å². The minimum atomic E-state index is -1.23. The molecular formula is C35H41N5O5. The fourth-order valence-electron chi connectivity index (χ4n) is 6.07. The number of anilines is 1. The molecule has 0 radical (unpaired) electrons. The Hall–Kier alpha value is -4.28. The van der Waals surface area contributed by atoms with Gasteiger partial charge in [-0.05, 0) is 78.2 Å². The second kappa shape index (κ2) is 11.9. The Morgan fingerprint density at radius 3 is 2.64 bits per heavy atom. The van der Waals surface area contributed by atoms with Gasteiger partial charge in [-0.15, -0.1) is 0 Å². The summed E-state index contributed by atoms with van der Waals surface area (Å²) in [6.45, 7) is 13.3. The molecule has 7 rings (SSSR count). The molecule has 45 heavy (non-hydrogen) atoms. The lowest BCUT2D eigenvalue weighted by atomic mass is 9.92. The first-order valence-electron chi connectivity index (χ1n) is 15.5. The van der Waals surface area contributed by atoms with Crippen molar-refractivity contribution in [3.63, 3.8) is 0 Å². The van der Waals surface area contributed by atoms with E-state index in [0.717, 1.165) is 41.0 Å². The summed E-state index contributed by atoms with van der Waals surface area (Å²) >= 11 is 0. The van der Waals surface area contributed by atoms with E-state index in [4.69, 9.17) is 24.3 Å². The van der Waals surface area contributed by atoms with Crippen molar-refractivity contribution in [1.29, 1.82) is 0 Å². The lowest BCUT2D eigenvalue weighted by Crippen LogP contribution is -2.45. The van der Waals surface area contributed by atoms with Crippen LogP contribution in [0.3, 0.4) is 0 Å². The van der Waals surface area contributed by atoms with E-state index in [1.807, 2.05) is 83.3 Å². The molecule has 1 N–H and O–H groups in total. The SMILES string of the molecule is Cc1nc2cc3nn2c(c1[C@H](OC(C)(C)C)C(=O)O)N1CCC(C)(CC1)OCC=C[C@@H](C)Oc1ccncc1-c1cccc-3c1. The van der Waals surface area contributed by atoms with Gasteiger partial charge in [0.25, 0.3) is 0 Å². The normalized spacial score (nSPS) is 21.1. The molecule has 4 aromatic rings. The molecule has 0 amide bonds. The lowest BCUT2D eigenvalue weighted by molar-refractivity contribution is -0.160. The van der Waals surface area contributed by atoms with Gasteiger partial charge in [0.15, 0.2) is 11.8 Å². The van der Waals surface area contributed by atoms with Crippen LogP contribution in [0.15, 0.2) is 60.9 Å². The summed E-state index contributed by atoms with van der Waals surface area (Å²) in [6, 6.07) is 11.9. The van der Waals surface area contributed by atoms with Crippen LogP contribution in [0.25, 0.3) is 28.0 Å². The molecule has 0 unspecified atom stereocenters. The van der Waals surface area contributed by atoms with E-state index >= 15 is 0 Å². The molecule has 0 saturated carbocycles. The number of carboxylic acid groups (broad SMARTS) is 1. The Kier molecular flexibility index (Phi) is 8.13. The third-order valence-electron chi connectivity index (χ3n) is 8.38. The van der Waals surface area contributed by atoms with Crippen LogP contribution in [0.4, 0.5) is 5.82 Å². The van der Waals surface area contributed by atoms with Gasteiger partial charge in [-0.25, -0.2) is 9.78 Å². The minimum absolute atomic E-state index is 0.171. The zero-order chi connectivity index (χ0) is 31.9. The summed E-state index contributed by atoms with van der Waals surface area (Å²) in [7, 11) is 0. The van der Waals surface area contributed by atoms with Crippen LogP contribution in [0, 0.1) is 6.92 Å². The van der Waals surface area contributed by atoms with Crippen molar-refractivity contribution in [3.8, 4) is 28.1 Å². The van der Waals surface area contributed by atoms with Crippen LogP contribution in [0.1, 0.15) is 64.8 Å². The molecule has 1 aromatic carbocycles. The number of aryl methyl sites for hydroxylation is 1. The van der Waals surface area contributed by atoms with Crippen LogP contribution in [-0.4, -0.2) is 67.7 Å². The van der Waals surface area contributed by atoms with Gasteiger partial charge in [-0.1, -0.05) is 24.3 Å². The first-order chi connectivity index (χ1) is 21.4. The van der Waals surface area contributed by atoms with Gasteiger partial charge in [-0.3, -0.25) is 4.98 Å². The van der Waals surface area contributed by atoms with Crippen LogP contribution in [-0.2, 0) is 14.3 Å². The van der Waals surface area contributed by atoms with Gasteiger partial charge < -0.3 is 24.2 Å². The number of pyridine rings is 1. The zero-order valence-corrected chi connectivity index (χ0v) is 26.8. The van der Waals surface area contributed by atoms with E-state index in [-0.39, 0.29) is 11.7 Å². The smallest absolute Gasteiger partial charge is 0.337 e. The highest BCUT2D eigenvalue weighted by Gasteiger charge is 2.37. The molecule has 3 aliphatic rings. The van der Waals surface area contributed by atoms with E-state index in [0.29, 0.717) is 42.4 Å². The third-order valence-corrected chi connectivity index (χ3v) is 8.38. The second-order valence-electron chi connectivity index (χ2n) is 13.1. The van der Waals surface area contributed by atoms with Crippen LogP contribution in [0.2, 0.25) is 0 Å². The Labute approximate surface area is 263 Å². The molecule has 6 bridgehead atoms. The number of ether oxygens (including phenoxy) is 3. The van der Waals surface area contributed by atoms with Gasteiger partial charge in [0.1, 0.15) is 17.7 Å². The minimum Gasteiger partial charge on any atom is -0.486 e. The Morgan fingerprint density at radius 2 is 1.91 bits per heavy atom. The quantitative estimate of drug-likeness (QED) is 0.262. The zero-order valence-electron chi connectivity index (χ0n) is 26.8. The molecular weight excluding hydrogens is 570 g/mol. The highest BCUT2D eigenvalue weighted by molar-refractivity contribution is 5.80. The van der Waals surface area contributed by atoms with Gasteiger partial charge >= 0.3 is 5.97 Å². The monoisotopic (exact) mass is 611 g/mol. The predicted molar refractivity (Wildman–Crippen MR) is 173 cm³/mol. The van der Waals surface area contributed by atoms with Gasteiger partial charge in [-0.2, -0.15) is 9.61 Å². The topological polar surface area (TPSA) is 111 Å². The van der Waals surface area contributed by atoms with E-state index in [1.165, 1.54) is 0 Å². The molecule has 0 aliphatic carbocycles. The lowest BCUT2D eigenvalue weighted by Gasteiger charge is -2.41. The van der Waals surface area contributed by atoms with Gasteiger partial charge in [0, 0.05) is 48.4 Å². The number of carbonyl (C=O) groups is 1. The molecule has 0 spiro atoms. The number of aliphatic carboxylic acids is 1. The highest BCUT2D eigenvalue weighted by atomic mass is 16.5. The Bertz CT molecular complexity index is 1750. The number of hydrogen-bond acceptors (Lipinski definition) is 8. The number of piperidine rings is 1. The fraction of sp³-hybridized carbons (Fsp3) is 0.429. The number of hydrogen-bond donors (Lipinski definition) is 1. The summed E-state index contributed by atoms with van der Waals surface area (Å²) in [6.07, 6.45) is 7.68. The number of carboxylic acids is 1. The fourth-order valence-corrected chi connectivity index (χ4v) is 6.07. The second-order valence-corrected chi connectivity index (χ2v) is 13.1. The number of benzene rings is 1. The summed E-state index contributed by atoms with van der Waals surface area (Å²) in [5.41, 5.74) is 4.13. The largest absolute Gasteiger partial charge is 0.486 e. The van der Waals surface area contributed by atoms with Gasteiger partial charge in [0.2, 0.25) is 0 Å². The van der Waals surface area contributed by atoms with E-state index in [1.54, 1.807) is 10.7 Å². The number of nitrogens with zero attached hydrogens (tertiary/aromatic N) is 5. The average molecular weight is 612 g/mol. The number of rotatable bonds is 3. The Morgan fingerprint density at radius 1 is 1.16 bits per heavy atom. The maximum absolute atomic E-state index is 12.8. The standard InChI is InChI=1S/C35H41N5O5/c1-22-9-8-18-43-35(6)13-16-39(17-14-35)32-30(31(33(41)42)45-34(3,4)5)23(2)37-29-20-27(38-40(29)32)25-11-7-10-24(19-25)26-21-36-15-12-28(26)44-22/h7-12,15,19-22,31H,13-14,16-18H2,1-6H3,(H,41,42)/t22-,31+/m1/s1. The van der Waals surface area contributed by atoms with Crippen LogP contribution in [0.5, 0.6) is 5.75 Å². The molecule has 236 valence electrons. The van der Waals surface area contributed by atoms with Gasteiger partial charge in [0.05, 0.1) is 29.1 Å². The number of aromatic nitrogens is 4. The first-order valence-corrected chi connectivity index (χ1v) is 15.5. The van der Waals surface area contributed by atoms with Crippen molar-refractivity contribution >= 4 is 17.4 Å². The summed E-state index contributed by atoms with van der Waals surface area (Å²) < 4.78 is 20.7. The molecule has 2 atom stereocenters. The van der Waals surface area contributed by atoms with E-state index in [2.05, 4.69) is 22.9 Å². The van der Waals surface area contributed by atoms with Crippen molar-refractivity contribution in [2.75, 3.05) is 24.6 Å². The molecule has 1 saturated heterocycles. The summed E-state index contributed by atoms with van der Waals surface area (Å²) in [5.74, 6) is 0.351. The molecule has 3 aromatic heterocycles. The average Bonchev–Trinajstić information content (AvgIpc) is 3.41. The van der Waals surface area contributed by atoms with Crippen LogP contribution < -0.4 is 9.64 Å². The number of fused-ring (bicyclic) bond motifs is 6.